The summed E-state index contributed by atoms with van der Waals surface area (Å²) in [6.07, 6.45) is 1.58. The number of carbonyl (C=O) groups excluding carboxylic acids is 2. The third-order valence-corrected chi connectivity index (χ3v) is 4.40. The fourth-order valence-corrected chi connectivity index (χ4v) is 2.97. The number of aromatic nitrogens is 1. The number of aromatic amines is 1. The third-order valence-electron chi connectivity index (χ3n) is 4.40. The van der Waals surface area contributed by atoms with Gasteiger partial charge in [0.05, 0.1) is 11.1 Å². The lowest BCUT2D eigenvalue weighted by Gasteiger charge is -2.31. The molecule has 0 unspecified atom stereocenters. The summed E-state index contributed by atoms with van der Waals surface area (Å²) in [5, 5.41) is 0.682. The summed E-state index contributed by atoms with van der Waals surface area (Å²) in [5.74, 6) is 0.304. The fourth-order valence-electron chi connectivity index (χ4n) is 2.97. The Morgan fingerprint density at radius 2 is 1.78 bits per heavy atom. The summed E-state index contributed by atoms with van der Waals surface area (Å²) >= 11 is 0. The van der Waals surface area contributed by atoms with E-state index >= 15 is 0 Å². The maximum Gasteiger partial charge on any atom is 0.295 e. The molecule has 2 aliphatic rings. The Labute approximate surface area is 132 Å². The Bertz CT molecular complexity index is 790. The molecule has 1 saturated heterocycles. The first-order chi connectivity index (χ1) is 11.1. The van der Waals surface area contributed by atoms with Crippen LogP contribution in [0.15, 0.2) is 18.3 Å². The molecular formula is C16H17N3O4. The van der Waals surface area contributed by atoms with Crippen molar-refractivity contribution in [2.45, 2.75) is 0 Å². The summed E-state index contributed by atoms with van der Waals surface area (Å²) in [4.78, 5) is 31.9. The first-order valence-corrected chi connectivity index (χ1v) is 7.56. The number of amides is 1. The van der Waals surface area contributed by atoms with Crippen LogP contribution in [0, 0.1) is 0 Å². The topological polar surface area (TPSA) is 74.9 Å². The zero-order valence-electron chi connectivity index (χ0n) is 12.8. The zero-order chi connectivity index (χ0) is 16.0. The molecule has 1 amide bonds. The van der Waals surface area contributed by atoms with Crippen molar-refractivity contribution < 1.29 is 19.1 Å². The minimum absolute atomic E-state index is 0.172. The summed E-state index contributed by atoms with van der Waals surface area (Å²) in [5.41, 5.74) is 1.13. The van der Waals surface area contributed by atoms with Crippen LogP contribution in [-0.4, -0.2) is 66.5 Å². The largest absolute Gasteiger partial charge is 0.454 e. The number of nitrogens with one attached hydrogen (secondary N) is 1. The number of fused-ring (bicyclic) bond motifs is 2. The molecule has 2 aromatic rings. The standard InChI is InChI=1S/C16H17N3O4/c1-18-2-4-19(5-3-18)16(21)15(20)11-8-17-12-7-14-13(6-10(11)12)22-9-23-14/h6-8,17H,2-5,9H2,1H3. The molecule has 7 nitrogen and oxygen atoms in total. The van der Waals surface area contributed by atoms with E-state index in [2.05, 4.69) is 9.88 Å². The lowest BCUT2D eigenvalue weighted by Crippen LogP contribution is -2.49. The first-order valence-electron chi connectivity index (χ1n) is 7.56. The highest BCUT2D eigenvalue weighted by atomic mass is 16.7. The van der Waals surface area contributed by atoms with E-state index in [-0.39, 0.29) is 6.79 Å². The van der Waals surface area contributed by atoms with Crippen molar-refractivity contribution >= 4 is 22.6 Å². The van der Waals surface area contributed by atoms with Crippen LogP contribution in [0.1, 0.15) is 10.4 Å². The van der Waals surface area contributed by atoms with Crippen LogP contribution in [0.2, 0.25) is 0 Å². The second kappa shape index (κ2) is 5.27. The predicted octanol–water partition coefficient (Wildman–Crippen LogP) is 0.853. The molecule has 0 atom stereocenters. The van der Waals surface area contributed by atoms with Gasteiger partial charge in [0.15, 0.2) is 11.5 Å². The summed E-state index contributed by atoms with van der Waals surface area (Å²) in [7, 11) is 2.01. The maximum atomic E-state index is 12.6. The van der Waals surface area contributed by atoms with Crippen molar-refractivity contribution in [1.82, 2.24) is 14.8 Å². The lowest BCUT2D eigenvalue weighted by atomic mass is 10.1. The van der Waals surface area contributed by atoms with E-state index < -0.39 is 11.7 Å². The van der Waals surface area contributed by atoms with Gasteiger partial charge in [0.1, 0.15) is 0 Å². The van der Waals surface area contributed by atoms with Gasteiger partial charge in [-0.3, -0.25) is 9.59 Å². The van der Waals surface area contributed by atoms with E-state index in [0.717, 1.165) is 18.6 Å². The van der Waals surface area contributed by atoms with Crippen LogP contribution in [-0.2, 0) is 4.79 Å². The van der Waals surface area contributed by atoms with Crippen molar-refractivity contribution in [2.24, 2.45) is 0 Å². The molecule has 0 bridgehead atoms. The molecular weight excluding hydrogens is 298 g/mol. The second-order valence-corrected chi connectivity index (χ2v) is 5.88. The smallest absolute Gasteiger partial charge is 0.295 e. The van der Waals surface area contributed by atoms with Crippen LogP contribution in [0.25, 0.3) is 10.9 Å². The van der Waals surface area contributed by atoms with Crippen LogP contribution < -0.4 is 9.47 Å². The van der Waals surface area contributed by atoms with Crippen molar-refractivity contribution in [3.8, 4) is 11.5 Å². The molecule has 4 rings (SSSR count). The Morgan fingerprint density at radius 1 is 1.09 bits per heavy atom. The maximum absolute atomic E-state index is 12.6. The van der Waals surface area contributed by atoms with Gasteiger partial charge in [0.25, 0.3) is 11.7 Å². The van der Waals surface area contributed by atoms with Gasteiger partial charge in [0, 0.05) is 43.8 Å². The molecule has 0 spiro atoms. The average molecular weight is 315 g/mol. The number of carbonyl (C=O) groups is 2. The third kappa shape index (κ3) is 2.33. The van der Waals surface area contributed by atoms with E-state index in [4.69, 9.17) is 9.47 Å². The van der Waals surface area contributed by atoms with Gasteiger partial charge >= 0.3 is 0 Å². The molecule has 23 heavy (non-hydrogen) atoms. The van der Waals surface area contributed by atoms with Gasteiger partial charge in [-0.15, -0.1) is 0 Å². The van der Waals surface area contributed by atoms with Gasteiger partial charge in [-0.05, 0) is 13.1 Å². The molecule has 1 aromatic carbocycles. The molecule has 7 heteroatoms. The number of likely N-dealkylation sites (N-methyl/N-ethyl adjacent to an activating group) is 1. The number of hydrogen-bond donors (Lipinski definition) is 1. The van der Waals surface area contributed by atoms with Crippen LogP contribution in [0.5, 0.6) is 11.5 Å². The highest BCUT2D eigenvalue weighted by Crippen LogP contribution is 2.37. The summed E-state index contributed by atoms with van der Waals surface area (Å²) in [6.45, 7) is 2.90. The predicted molar refractivity (Wildman–Crippen MR) is 82.8 cm³/mol. The first kappa shape index (κ1) is 14.1. The quantitative estimate of drug-likeness (QED) is 0.657. The monoisotopic (exact) mass is 315 g/mol. The van der Waals surface area contributed by atoms with Crippen LogP contribution >= 0.6 is 0 Å². The van der Waals surface area contributed by atoms with Crippen molar-refractivity contribution in [3.05, 3.63) is 23.9 Å². The molecule has 120 valence electrons. The molecule has 1 N–H and O–H groups in total. The minimum atomic E-state index is -0.486. The van der Waals surface area contributed by atoms with E-state index in [1.54, 1.807) is 23.2 Å². The fraction of sp³-hybridized carbons (Fsp3) is 0.375. The number of ketones is 1. The number of piperazine rings is 1. The van der Waals surface area contributed by atoms with Gasteiger partial charge in [0.2, 0.25) is 6.79 Å². The van der Waals surface area contributed by atoms with Gasteiger partial charge in [-0.2, -0.15) is 0 Å². The second-order valence-electron chi connectivity index (χ2n) is 5.88. The van der Waals surface area contributed by atoms with E-state index in [0.29, 0.717) is 35.5 Å². The SMILES string of the molecule is CN1CCN(C(=O)C(=O)c2c[nH]c3cc4c(cc23)OCO4)CC1. The number of ether oxygens (including phenoxy) is 2. The zero-order valence-corrected chi connectivity index (χ0v) is 12.8. The Morgan fingerprint density at radius 3 is 2.52 bits per heavy atom. The molecule has 0 saturated carbocycles. The normalized spacial score (nSPS) is 17.7. The molecule has 0 aliphatic carbocycles. The molecule has 3 heterocycles. The number of benzene rings is 1. The lowest BCUT2D eigenvalue weighted by molar-refractivity contribution is -0.127. The molecule has 1 fully saturated rings. The van der Waals surface area contributed by atoms with Crippen molar-refractivity contribution in [2.75, 3.05) is 40.0 Å². The molecule has 1 aromatic heterocycles. The number of H-pyrrole nitrogens is 1. The molecule has 0 radical (unpaired) electrons. The summed E-state index contributed by atoms with van der Waals surface area (Å²) in [6, 6.07) is 3.54. The average Bonchev–Trinajstić information content (AvgIpc) is 3.17. The number of rotatable bonds is 2. The Kier molecular flexibility index (Phi) is 3.23. The van der Waals surface area contributed by atoms with Crippen LogP contribution in [0.4, 0.5) is 0 Å². The van der Waals surface area contributed by atoms with Gasteiger partial charge < -0.3 is 24.3 Å². The Balaban J connectivity index is 1.63. The Hall–Kier alpha value is -2.54. The van der Waals surface area contributed by atoms with Crippen LogP contribution in [0.3, 0.4) is 0 Å². The molecule has 2 aliphatic heterocycles. The van der Waals surface area contributed by atoms with E-state index in [1.807, 2.05) is 7.05 Å². The van der Waals surface area contributed by atoms with E-state index in [1.165, 1.54) is 0 Å². The van der Waals surface area contributed by atoms with E-state index in [9.17, 15) is 9.59 Å². The van der Waals surface area contributed by atoms with Gasteiger partial charge in [-0.1, -0.05) is 0 Å². The van der Waals surface area contributed by atoms with Gasteiger partial charge in [-0.25, -0.2) is 0 Å². The number of nitrogens with zero attached hydrogens (tertiary/aromatic N) is 2. The summed E-state index contributed by atoms with van der Waals surface area (Å²) < 4.78 is 10.7. The van der Waals surface area contributed by atoms with Crippen molar-refractivity contribution in [1.29, 1.82) is 0 Å². The highest BCUT2D eigenvalue weighted by Gasteiger charge is 2.28. The number of Topliss-reactive ketones (excluding diaryl/α,β-unsaturated/α-hetero) is 1. The number of hydrogen-bond acceptors (Lipinski definition) is 5. The van der Waals surface area contributed by atoms with Crippen molar-refractivity contribution in [3.63, 3.8) is 0 Å². The minimum Gasteiger partial charge on any atom is -0.454 e. The highest BCUT2D eigenvalue weighted by molar-refractivity contribution is 6.44.